The number of piperidine rings is 1. The number of nitrogens with zero attached hydrogens (tertiary/aromatic N) is 3. The van der Waals surface area contributed by atoms with E-state index in [0.29, 0.717) is 9.47 Å². The lowest BCUT2D eigenvalue weighted by Gasteiger charge is -2.39. The molecule has 0 aliphatic carbocycles. The maximum Gasteiger partial charge on any atom is 0.416 e. The Labute approximate surface area is 345 Å². The number of carbonyl (C=O) groups is 1. The van der Waals surface area contributed by atoms with Crippen molar-refractivity contribution in [3.05, 3.63) is 135 Å². The molecule has 1 fully saturated rings. The Balaban J connectivity index is 1.64. The van der Waals surface area contributed by atoms with Crippen molar-refractivity contribution in [3.63, 3.8) is 0 Å². The van der Waals surface area contributed by atoms with E-state index in [1.165, 1.54) is 0 Å². The molecule has 12 heteroatoms. The Morgan fingerprint density at radius 3 is 2.47 bits per heavy atom. The highest BCUT2D eigenvalue weighted by Gasteiger charge is 2.32. The first kappa shape index (κ1) is 17.3. The molecule has 0 atom stereocenters. The van der Waals surface area contributed by atoms with Crippen LogP contribution in [0.2, 0.25) is 0 Å². The third-order valence-electron chi connectivity index (χ3n) is 7.69. The number of rotatable bonds is 12. The highest BCUT2D eigenvalue weighted by Crippen LogP contribution is 2.34. The summed E-state index contributed by atoms with van der Waals surface area (Å²) in [5.41, 5.74) is -14.1. The van der Waals surface area contributed by atoms with Gasteiger partial charge in [0.25, 0.3) is 0 Å². The first-order chi connectivity index (χ1) is 35.8. The number of alkyl halides is 3. The lowest BCUT2D eigenvalue weighted by atomic mass is 9.98. The number of para-hydroxylation sites is 1. The Morgan fingerprint density at radius 1 is 1.00 bits per heavy atom. The van der Waals surface area contributed by atoms with E-state index < -0.39 is 252 Å². The molecule has 0 bridgehead atoms. The van der Waals surface area contributed by atoms with Gasteiger partial charge in [-0.15, -0.1) is 11.8 Å². The van der Waals surface area contributed by atoms with Gasteiger partial charge in [0, 0.05) is 67.3 Å². The van der Waals surface area contributed by atoms with Crippen LogP contribution in [0.4, 0.5) is 22.0 Å². The largest absolute Gasteiger partial charge is 0.416 e. The molecule has 0 spiro atoms. The summed E-state index contributed by atoms with van der Waals surface area (Å²) in [5, 5.41) is -2.25. The van der Waals surface area contributed by atoms with Gasteiger partial charge >= 0.3 is 6.18 Å². The van der Waals surface area contributed by atoms with Gasteiger partial charge in [0.1, 0.15) is 6.54 Å². The first-order valence-corrected chi connectivity index (χ1v) is 16.0. The molecular formula is C41H40F5N3O3S. The maximum absolute atomic E-state index is 15.6. The molecule has 0 saturated carbocycles. The van der Waals surface area contributed by atoms with Crippen molar-refractivity contribution in [1.29, 1.82) is 0 Å². The van der Waals surface area contributed by atoms with Gasteiger partial charge in [0.15, 0.2) is 17.1 Å². The second-order valence-electron chi connectivity index (χ2n) is 11.1. The number of thioether (sulfide) groups is 1. The van der Waals surface area contributed by atoms with E-state index in [2.05, 4.69) is 4.74 Å². The number of halogens is 5. The third kappa shape index (κ3) is 9.00. The molecule has 1 aliphatic heterocycles. The Kier molecular flexibility index (Phi) is 5.44. The number of hydrogen-bond donors (Lipinski definition) is 0. The molecule has 0 unspecified atom stereocenters. The van der Waals surface area contributed by atoms with Gasteiger partial charge in [-0.05, 0) is 66.2 Å². The zero-order chi connectivity index (χ0) is 60.4. The van der Waals surface area contributed by atoms with Gasteiger partial charge in [-0.25, -0.2) is 8.78 Å². The van der Waals surface area contributed by atoms with Crippen molar-refractivity contribution >= 4 is 28.6 Å². The molecule has 278 valence electrons. The predicted molar refractivity (Wildman–Crippen MR) is 198 cm³/mol. The molecule has 1 saturated heterocycles. The van der Waals surface area contributed by atoms with E-state index in [4.69, 9.17) is 32.9 Å². The summed E-state index contributed by atoms with van der Waals surface area (Å²) < 4.78 is 298. The average molecular weight is 776 g/mol. The number of likely N-dealkylation sites (tertiary alicyclic amines) is 1. The van der Waals surface area contributed by atoms with Gasteiger partial charge in [-0.1, -0.05) is 60.4 Å². The van der Waals surface area contributed by atoms with Crippen molar-refractivity contribution in [2.45, 2.75) is 55.8 Å². The van der Waals surface area contributed by atoms with E-state index in [9.17, 15) is 25.1 Å². The molecule has 4 aromatic carbocycles. The van der Waals surface area contributed by atoms with E-state index in [1.807, 2.05) is 0 Å². The minimum Gasteiger partial charge on any atom is -0.383 e. The third-order valence-corrected chi connectivity index (χ3v) is 8.51. The minimum absolute atomic E-state index is 0.187. The SMILES string of the molecule is [2H]c1c([2H])c(F)c(F)c(C([2H])([2H])Sc2c([2H])c(=O)c3c([2H])c([2H])c([2H])c([2H])c3n2CC(=O)N(C2CCN(C([2H])([2H])C([2H])([2H])OC([2H])([2H])[2H])CC2)C([2H])([2H])c2c([2H])c([2H])c(-c3c([2H])c([2H])c(C(F)(F)F)c(C)c3[2H])c([2H])c2[2H])c1[2H]. The number of carbonyl (C=O) groups excluding carboxylic acids is 1. The summed E-state index contributed by atoms with van der Waals surface area (Å²) in [7, 11) is -3.51. The average Bonchev–Trinajstić information content (AvgIpc) is 3.41. The number of ether oxygens (including phenoxy) is 1. The maximum atomic E-state index is 15.6. The van der Waals surface area contributed by atoms with Gasteiger partial charge in [0.05, 0.1) is 52.8 Å². The standard InChI is InChI=1S/C41H40F5N3O3S/c1-27-22-30(14-15-34(27)41(44,45)46)29-12-10-28(11-13-29)24-48(32-16-18-47(19-17-32)20-21-52-2)38(51)25-49-36-9-4-3-7-33(36)37(50)23-39(49)53-26-31-6-5-8-35(42)40(31)43/h3-15,22-23,32H,16-21,24-26H2,1-2H3/i2D3,3D,4D,5D,6D,7D,8D,9D,10D,11D,12D,13D,14D,15D,20D2,21D2,22D,23D,24D2,26D2. The number of benzene rings is 4. The minimum atomic E-state index is -5.30. The van der Waals surface area contributed by atoms with Crippen LogP contribution in [0, 0.1) is 18.6 Å². The lowest BCUT2D eigenvalue weighted by Crippen LogP contribution is -2.48. The van der Waals surface area contributed by atoms with E-state index in [1.54, 1.807) is 0 Å². The number of fused-ring (bicyclic) bond motifs is 1. The Hall–Kier alpha value is -4.52. The van der Waals surface area contributed by atoms with Gasteiger partial charge in [-0.3, -0.25) is 9.59 Å². The number of aromatic nitrogens is 1. The van der Waals surface area contributed by atoms with E-state index in [0.717, 1.165) is 6.92 Å². The van der Waals surface area contributed by atoms with Crippen LogP contribution in [0.25, 0.3) is 22.0 Å². The number of hydrogen-bond acceptors (Lipinski definition) is 5. The Bertz CT molecular complexity index is 3350. The molecule has 1 aromatic heterocycles. The van der Waals surface area contributed by atoms with Crippen molar-refractivity contribution in [2.75, 3.05) is 33.2 Å². The topological polar surface area (TPSA) is 54.8 Å². The second kappa shape index (κ2) is 16.7. The van der Waals surface area contributed by atoms with Crippen LogP contribution in [0.5, 0.6) is 0 Å². The summed E-state index contributed by atoms with van der Waals surface area (Å²) in [6, 6.07) is -21.7. The molecule has 6 nitrogen and oxygen atoms in total. The van der Waals surface area contributed by atoms with Gasteiger partial charge in [0.2, 0.25) is 5.91 Å². The molecule has 53 heavy (non-hydrogen) atoms. The number of methoxy groups -OCH3 is 1. The number of pyridine rings is 1. The second-order valence-corrected chi connectivity index (χ2v) is 11.9. The monoisotopic (exact) mass is 775 g/mol. The van der Waals surface area contributed by atoms with Crippen LogP contribution in [0.3, 0.4) is 0 Å². The van der Waals surface area contributed by atoms with Crippen molar-refractivity contribution < 1.29 is 67.1 Å². The smallest absolute Gasteiger partial charge is 0.383 e. The fraction of sp³-hybridized carbons (Fsp3) is 0.317. The fourth-order valence-electron chi connectivity index (χ4n) is 5.18. The van der Waals surface area contributed by atoms with Crippen LogP contribution < -0.4 is 5.43 Å². The first-order valence-electron chi connectivity index (χ1n) is 28.2. The lowest BCUT2D eigenvalue weighted by molar-refractivity contribution is -0.138. The zero-order valence-corrected chi connectivity index (χ0v) is 27.8. The van der Waals surface area contributed by atoms with Crippen LogP contribution in [-0.2, 0) is 34.5 Å². The predicted octanol–water partition coefficient (Wildman–Crippen LogP) is 8.71. The molecule has 1 amide bonds. The van der Waals surface area contributed by atoms with Gasteiger partial charge in [-0.2, -0.15) is 13.2 Å². The van der Waals surface area contributed by atoms with Crippen molar-refractivity contribution in [2.24, 2.45) is 0 Å². The van der Waals surface area contributed by atoms with E-state index >= 15 is 9.18 Å². The molecule has 1 aliphatic rings. The normalized spacial score (nSPS) is 22.5. The zero-order valence-electron chi connectivity index (χ0n) is 53.0. The van der Waals surface area contributed by atoms with Crippen LogP contribution in [0.15, 0.2) is 100 Å². The van der Waals surface area contributed by atoms with E-state index in [-0.39, 0.29) is 4.90 Å². The quantitative estimate of drug-likeness (QED) is 0.0939. The summed E-state index contributed by atoms with van der Waals surface area (Å²) in [4.78, 5) is 30.3. The molecular weight excluding hydrogens is 710 g/mol. The summed E-state index contributed by atoms with van der Waals surface area (Å²) in [6.45, 7) is -13.1. The molecule has 2 heterocycles. The van der Waals surface area contributed by atoms with Gasteiger partial charge < -0.3 is 19.1 Å². The molecule has 6 rings (SSSR count). The molecule has 5 aromatic rings. The summed E-state index contributed by atoms with van der Waals surface area (Å²) in [6.07, 6.45) is -6.70. The highest BCUT2D eigenvalue weighted by atomic mass is 32.2. The number of amides is 1. The highest BCUT2D eigenvalue weighted by molar-refractivity contribution is 7.98. The van der Waals surface area contributed by atoms with Crippen molar-refractivity contribution in [1.82, 2.24) is 14.4 Å². The summed E-state index contributed by atoms with van der Waals surface area (Å²) in [5.74, 6) is -6.03. The fourth-order valence-corrected chi connectivity index (χ4v) is 5.93. The summed E-state index contributed by atoms with van der Waals surface area (Å²) >= 11 is -0.457. The van der Waals surface area contributed by atoms with Crippen LogP contribution in [0.1, 0.15) is 70.7 Å². The van der Waals surface area contributed by atoms with Crippen LogP contribution in [-0.4, -0.2) is 59.5 Å². The Morgan fingerprint density at radius 2 is 1.74 bits per heavy atom. The van der Waals surface area contributed by atoms with Crippen molar-refractivity contribution in [3.8, 4) is 11.1 Å². The molecule has 0 N–H and O–H groups in total. The van der Waals surface area contributed by atoms with Crippen LogP contribution >= 0.6 is 11.8 Å². The molecule has 0 radical (unpaired) electrons.